The third-order valence-electron chi connectivity index (χ3n) is 4.36. The number of nitrogens with two attached hydrogens (primary N) is 1. The number of benzene rings is 1. The van der Waals surface area contributed by atoms with Crippen molar-refractivity contribution < 1.29 is 4.39 Å². The monoisotopic (exact) mass is 342 g/mol. The number of nitrogen functional groups attached to an aromatic ring is 1. The van der Waals surface area contributed by atoms with Crippen molar-refractivity contribution in [1.29, 1.82) is 5.26 Å². The summed E-state index contributed by atoms with van der Waals surface area (Å²) in [6.07, 6.45) is 5.59. The van der Waals surface area contributed by atoms with Crippen LogP contribution in [0.25, 0.3) is 0 Å². The number of rotatable bonds is 4. The highest BCUT2D eigenvalue weighted by Crippen LogP contribution is 2.35. The van der Waals surface area contributed by atoms with E-state index in [0.29, 0.717) is 22.0 Å². The fraction of sp³-hybridized carbons (Fsp3) is 0.389. The number of nitriles is 1. The third kappa shape index (κ3) is 3.68. The van der Waals surface area contributed by atoms with Crippen LogP contribution in [-0.4, -0.2) is 9.97 Å². The van der Waals surface area contributed by atoms with Crippen molar-refractivity contribution in [2.75, 3.05) is 5.73 Å². The Morgan fingerprint density at radius 2 is 1.96 bits per heavy atom. The smallest absolute Gasteiger partial charge is 0.190 e. The Labute approximate surface area is 145 Å². The van der Waals surface area contributed by atoms with Crippen molar-refractivity contribution in [3.05, 3.63) is 46.9 Å². The van der Waals surface area contributed by atoms with Crippen LogP contribution in [0.2, 0.25) is 0 Å². The summed E-state index contributed by atoms with van der Waals surface area (Å²) in [6.45, 7) is 0. The van der Waals surface area contributed by atoms with E-state index in [1.165, 1.54) is 24.2 Å². The molecular formula is C18H19FN4S. The molecule has 1 heterocycles. The average Bonchev–Trinajstić information content (AvgIpc) is 2.61. The Morgan fingerprint density at radius 3 is 2.67 bits per heavy atom. The molecule has 0 unspecified atom stereocenters. The van der Waals surface area contributed by atoms with Gasteiger partial charge in [0.25, 0.3) is 0 Å². The number of anilines is 1. The number of nitrogens with zero attached hydrogens (tertiary/aromatic N) is 3. The average molecular weight is 342 g/mol. The molecule has 1 fully saturated rings. The second kappa shape index (κ2) is 7.63. The molecule has 1 aliphatic carbocycles. The fourth-order valence-corrected chi connectivity index (χ4v) is 3.93. The minimum atomic E-state index is -0.237. The van der Waals surface area contributed by atoms with Gasteiger partial charge in [-0.25, -0.2) is 14.4 Å². The number of halogens is 1. The number of hydrogen-bond donors (Lipinski definition) is 1. The molecule has 0 radical (unpaired) electrons. The molecule has 6 heteroatoms. The Bertz CT molecular complexity index is 766. The van der Waals surface area contributed by atoms with Crippen molar-refractivity contribution in [2.45, 2.75) is 48.9 Å². The molecule has 1 saturated carbocycles. The molecule has 1 aliphatic rings. The van der Waals surface area contributed by atoms with Crippen molar-refractivity contribution in [2.24, 2.45) is 0 Å². The summed E-state index contributed by atoms with van der Waals surface area (Å²) in [6, 6.07) is 8.81. The van der Waals surface area contributed by atoms with Gasteiger partial charge in [-0.05, 0) is 24.5 Å². The van der Waals surface area contributed by atoms with Crippen LogP contribution in [0.3, 0.4) is 0 Å². The van der Waals surface area contributed by atoms with Gasteiger partial charge < -0.3 is 5.73 Å². The molecule has 0 bridgehead atoms. The molecule has 0 spiro atoms. The molecule has 0 amide bonds. The van der Waals surface area contributed by atoms with Crippen LogP contribution in [0.5, 0.6) is 0 Å². The van der Waals surface area contributed by atoms with Crippen molar-refractivity contribution in [1.82, 2.24) is 9.97 Å². The van der Waals surface area contributed by atoms with E-state index in [0.717, 1.165) is 31.4 Å². The van der Waals surface area contributed by atoms with Crippen LogP contribution >= 0.6 is 11.8 Å². The second-order valence-corrected chi connectivity index (χ2v) is 6.92. The first-order valence-corrected chi connectivity index (χ1v) is 9.11. The summed E-state index contributed by atoms with van der Waals surface area (Å²) in [5.41, 5.74) is 7.75. The number of aromatic nitrogens is 2. The summed E-state index contributed by atoms with van der Waals surface area (Å²) in [5, 5.41) is 9.91. The maximum atomic E-state index is 13.7. The van der Waals surface area contributed by atoms with E-state index in [1.54, 1.807) is 18.2 Å². The van der Waals surface area contributed by atoms with E-state index in [9.17, 15) is 9.65 Å². The molecular weight excluding hydrogens is 323 g/mol. The first kappa shape index (κ1) is 16.7. The van der Waals surface area contributed by atoms with Crippen molar-refractivity contribution in [3.63, 3.8) is 0 Å². The van der Waals surface area contributed by atoms with Gasteiger partial charge in [0, 0.05) is 11.7 Å². The van der Waals surface area contributed by atoms with E-state index in [1.807, 2.05) is 0 Å². The zero-order valence-electron chi connectivity index (χ0n) is 13.3. The van der Waals surface area contributed by atoms with Gasteiger partial charge >= 0.3 is 0 Å². The summed E-state index contributed by atoms with van der Waals surface area (Å²) >= 11 is 1.35. The van der Waals surface area contributed by atoms with E-state index in [-0.39, 0.29) is 17.6 Å². The quantitative estimate of drug-likeness (QED) is 0.658. The van der Waals surface area contributed by atoms with Crippen LogP contribution in [0.1, 0.15) is 54.8 Å². The van der Waals surface area contributed by atoms with Gasteiger partial charge in [-0.15, -0.1) is 0 Å². The molecule has 24 heavy (non-hydrogen) atoms. The molecule has 0 saturated heterocycles. The van der Waals surface area contributed by atoms with E-state index < -0.39 is 0 Å². The van der Waals surface area contributed by atoms with Crippen molar-refractivity contribution in [3.8, 4) is 6.07 Å². The Morgan fingerprint density at radius 1 is 1.21 bits per heavy atom. The van der Waals surface area contributed by atoms with Gasteiger partial charge in [-0.3, -0.25) is 0 Å². The molecule has 4 nitrogen and oxygen atoms in total. The Balaban J connectivity index is 1.85. The van der Waals surface area contributed by atoms with E-state index in [2.05, 4.69) is 16.0 Å². The number of hydrogen-bond acceptors (Lipinski definition) is 5. The highest BCUT2D eigenvalue weighted by atomic mass is 32.2. The first-order valence-electron chi connectivity index (χ1n) is 8.12. The Kier molecular flexibility index (Phi) is 5.31. The van der Waals surface area contributed by atoms with Gasteiger partial charge in [0.05, 0.1) is 5.69 Å². The predicted molar refractivity (Wildman–Crippen MR) is 92.9 cm³/mol. The highest BCUT2D eigenvalue weighted by Gasteiger charge is 2.23. The second-order valence-electron chi connectivity index (χ2n) is 5.98. The molecule has 1 aromatic heterocycles. The zero-order chi connectivity index (χ0) is 16.9. The summed E-state index contributed by atoms with van der Waals surface area (Å²) in [5.74, 6) is 0.692. The Hall–Kier alpha value is -2.13. The molecule has 2 N–H and O–H groups in total. The lowest BCUT2D eigenvalue weighted by molar-refractivity contribution is 0.433. The standard InChI is InChI=1S/C18H19FN4S/c19-15-9-5-4-8-13(15)11-24-18-22-16(12-6-2-1-3-7-12)14(10-20)17(21)23-18/h4-5,8-9,12H,1-3,6-7,11H2,(H2,21,22,23). The van der Waals surface area contributed by atoms with Gasteiger partial charge in [0.15, 0.2) is 5.16 Å². The third-order valence-corrected chi connectivity index (χ3v) is 5.26. The molecule has 0 atom stereocenters. The van der Waals surface area contributed by atoms with E-state index in [4.69, 9.17) is 5.73 Å². The molecule has 2 aromatic rings. The first-order chi connectivity index (χ1) is 11.7. The van der Waals surface area contributed by atoms with Crippen molar-refractivity contribution >= 4 is 17.6 Å². The van der Waals surface area contributed by atoms with E-state index >= 15 is 0 Å². The van der Waals surface area contributed by atoms with Crippen LogP contribution in [0.4, 0.5) is 10.2 Å². The predicted octanol–water partition coefficient (Wildman–Crippen LogP) is 4.41. The SMILES string of the molecule is N#Cc1c(N)nc(SCc2ccccc2F)nc1C1CCCCC1. The molecule has 124 valence electrons. The van der Waals surface area contributed by atoms with Crippen LogP contribution in [0, 0.1) is 17.1 Å². The topological polar surface area (TPSA) is 75.6 Å². The van der Waals surface area contributed by atoms with Gasteiger partial charge in [-0.2, -0.15) is 5.26 Å². The fourth-order valence-electron chi connectivity index (χ4n) is 3.08. The maximum Gasteiger partial charge on any atom is 0.190 e. The lowest BCUT2D eigenvalue weighted by Crippen LogP contribution is -2.12. The maximum absolute atomic E-state index is 13.7. The summed E-state index contributed by atoms with van der Waals surface area (Å²) in [7, 11) is 0. The highest BCUT2D eigenvalue weighted by molar-refractivity contribution is 7.98. The van der Waals surface area contributed by atoms with Crippen LogP contribution in [-0.2, 0) is 5.75 Å². The summed E-state index contributed by atoms with van der Waals surface area (Å²) < 4.78 is 13.7. The van der Waals surface area contributed by atoms with Gasteiger partial charge in [0.1, 0.15) is 23.3 Å². The zero-order valence-corrected chi connectivity index (χ0v) is 14.2. The lowest BCUT2D eigenvalue weighted by Gasteiger charge is -2.22. The summed E-state index contributed by atoms with van der Waals surface area (Å²) in [4.78, 5) is 8.83. The molecule has 0 aliphatic heterocycles. The van der Waals surface area contributed by atoms with Crippen LogP contribution < -0.4 is 5.73 Å². The minimum absolute atomic E-state index is 0.226. The van der Waals surface area contributed by atoms with Gasteiger partial charge in [-0.1, -0.05) is 49.2 Å². The normalized spacial score (nSPS) is 15.2. The molecule has 3 rings (SSSR count). The molecule has 1 aromatic carbocycles. The van der Waals surface area contributed by atoms with Crippen LogP contribution in [0.15, 0.2) is 29.4 Å². The lowest BCUT2D eigenvalue weighted by atomic mass is 9.85. The van der Waals surface area contributed by atoms with Gasteiger partial charge in [0.2, 0.25) is 0 Å². The number of thioether (sulfide) groups is 1. The largest absolute Gasteiger partial charge is 0.382 e. The minimum Gasteiger partial charge on any atom is -0.382 e.